The van der Waals surface area contributed by atoms with E-state index < -0.39 is 6.10 Å². The Balaban J connectivity index is 1.71. The van der Waals surface area contributed by atoms with E-state index in [0.717, 1.165) is 43.8 Å². The van der Waals surface area contributed by atoms with Crippen molar-refractivity contribution in [2.45, 2.75) is 39.7 Å². The van der Waals surface area contributed by atoms with Gasteiger partial charge in [0.25, 0.3) is 0 Å². The van der Waals surface area contributed by atoms with Gasteiger partial charge in [0.1, 0.15) is 18.5 Å². The number of hydrogen-bond donors (Lipinski definition) is 2. The number of carbonyl (C=O) groups excluding carboxylic acids is 1. The first-order valence-corrected chi connectivity index (χ1v) is 9.31. The van der Waals surface area contributed by atoms with Gasteiger partial charge in [-0.3, -0.25) is 4.79 Å². The zero-order valence-electron chi connectivity index (χ0n) is 15.7. The fourth-order valence-electron chi connectivity index (χ4n) is 3.18. The maximum absolute atomic E-state index is 11.7. The second-order valence-electron chi connectivity index (χ2n) is 7.45. The van der Waals surface area contributed by atoms with Crippen molar-refractivity contribution in [1.82, 2.24) is 10.2 Å². The Morgan fingerprint density at radius 3 is 2.96 bits per heavy atom. The second kappa shape index (κ2) is 9.78. The molecular formula is C20H32N2O3. The fourth-order valence-corrected chi connectivity index (χ4v) is 3.18. The molecule has 0 aliphatic carbocycles. The van der Waals surface area contributed by atoms with E-state index in [2.05, 4.69) is 10.2 Å². The number of aliphatic hydroxyl groups excluding tert-OH is 1. The number of amides is 1. The monoisotopic (exact) mass is 348 g/mol. The first-order chi connectivity index (χ1) is 11.9. The molecule has 2 N–H and O–H groups in total. The number of hydrogen-bond acceptors (Lipinski definition) is 4. The van der Waals surface area contributed by atoms with E-state index in [9.17, 15) is 9.90 Å². The van der Waals surface area contributed by atoms with Crippen LogP contribution >= 0.6 is 0 Å². The molecule has 1 aliphatic rings. The molecule has 0 radical (unpaired) electrons. The number of ether oxygens (including phenoxy) is 1. The molecular weight excluding hydrogens is 316 g/mol. The second-order valence-corrected chi connectivity index (χ2v) is 7.45. The van der Waals surface area contributed by atoms with Crippen LogP contribution in [0.1, 0.15) is 32.3 Å². The highest BCUT2D eigenvalue weighted by atomic mass is 16.5. The number of aryl methyl sites for hydroxylation is 1. The Kier molecular flexibility index (Phi) is 7.72. The first kappa shape index (κ1) is 19.7. The van der Waals surface area contributed by atoms with Crippen LogP contribution in [0.5, 0.6) is 5.75 Å². The zero-order chi connectivity index (χ0) is 18.2. The summed E-state index contributed by atoms with van der Waals surface area (Å²) >= 11 is 0. The minimum absolute atomic E-state index is 0.0280. The Morgan fingerprint density at radius 2 is 2.24 bits per heavy atom. The van der Waals surface area contributed by atoms with Gasteiger partial charge < -0.3 is 20.1 Å². The van der Waals surface area contributed by atoms with Gasteiger partial charge in [-0.1, -0.05) is 26.0 Å². The standard InChI is InChI=1S/C20H32N2O3/c1-15(2)20(24)21-11-17-7-5-9-22(12-17)13-18(23)14-25-19-8-4-6-16(3)10-19/h4,6,8,10,15,17-18,23H,5,7,9,11-14H2,1-3H3,(H,21,24). The topological polar surface area (TPSA) is 61.8 Å². The third-order valence-corrected chi connectivity index (χ3v) is 4.59. The number of rotatable bonds is 8. The molecule has 1 heterocycles. The van der Waals surface area contributed by atoms with E-state index >= 15 is 0 Å². The summed E-state index contributed by atoms with van der Waals surface area (Å²) in [7, 11) is 0. The van der Waals surface area contributed by atoms with Crippen molar-refractivity contribution in [1.29, 1.82) is 0 Å². The van der Waals surface area contributed by atoms with E-state index in [-0.39, 0.29) is 11.8 Å². The van der Waals surface area contributed by atoms with Gasteiger partial charge in [-0.15, -0.1) is 0 Å². The van der Waals surface area contributed by atoms with Crippen molar-refractivity contribution in [3.05, 3.63) is 29.8 Å². The number of benzene rings is 1. The van der Waals surface area contributed by atoms with Gasteiger partial charge in [0.15, 0.2) is 0 Å². The molecule has 0 saturated carbocycles. The van der Waals surface area contributed by atoms with Crippen LogP contribution in [0.15, 0.2) is 24.3 Å². The van der Waals surface area contributed by atoms with Crippen LogP contribution in [0, 0.1) is 18.8 Å². The molecule has 2 atom stereocenters. The number of nitrogens with one attached hydrogen (secondary N) is 1. The summed E-state index contributed by atoms with van der Waals surface area (Å²) in [6, 6.07) is 7.86. The predicted octanol–water partition coefficient (Wildman–Crippen LogP) is 2.22. The summed E-state index contributed by atoms with van der Waals surface area (Å²) in [5.41, 5.74) is 1.15. The Hall–Kier alpha value is -1.59. The van der Waals surface area contributed by atoms with Gasteiger partial charge in [-0.2, -0.15) is 0 Å². The highest BCUT2D eigenvalue weighted by molar-refractivity contribution is 5.77. The van der Waals surface area contributed by atoms with E-state index in [1.807, 2.05) is 45.0 Å². The number of carbonyl (C=O) groups is 1. The van der Waals surface area contributed by atoms with Gasteiger partial charge in [-0.05, 0) is 49.9 Å². The minimum atomic E-state index is -0.510. The van der Waals surface area contributed by atoms with Crippen LogP contribution < -0.4 is 10.1 Å². The average molecular weight is 348 g/mol. The molecule has 0 aromatic heterocycles. The van der Waals surface area contributed by atoms with Gasteiger partial charge in [0.05, 0.1) is 0 Å². The van der Waals surface area contributed by atoms with Crippen molar-refractivity contribution in [3.8, 4) is 5.75 Å². The number of β-amino-alcohol motifs (C(OH)–C–C–N with tert-alkyl or cyclic N) is 1. The van der Waals surface area contributed by atoms with E-state index in [0.29, 0.717) is 19.1 Å². The highest BCUT2D eigenvalue weighted by Crippen LogP contribution is 2.17. The lowest BCUT2D eigenvalue weighted by Gasteiger charge is -2.34. The number of nitrogens with zero attached hydrogens (tertiary/aromatic N) is 1. The number of likely N-dealkylation sites (tertiary alicyclic amines) is 1. The maximum atomic E-state index is 11.7. The van der Waals surface area contributed by atoms with E-state index in [1.54, 1.807) is 0 Å². The van der Waals surface area contributed by atoms with Crippen molar-refractivity contribution in [2.75, 3.05) is 32.8 Å². The molecule has 2 unspecified atom stereocenters. The van der Waals surface area contributed by atoms with Gasteiger partial charge >= 0.3 is 0 Å². The number of piperidine rings is 1. The summed E-state index contributed by atoms with van der Waals surface area (Å²) in [5, 5.41) is 13.3. The molecule has 1 aromatic carbocycles. The molecule has 5 heteroatoms. The molecule has 1 saturated heterocycles. The maximum Gasteiger partial charge on any atom is 0.222 e. The molecule has 0 spiro atoms. The molecule has 0 bridgehead atoms. The van der Waals surface area contributed by atoms with Crippen LogP contribution in [0.4, 0.5) is 0 Å². The summed E-state index contributed by atoms with van der Waals surface area (Å²) in [5.74, 6) is 1.40. The van der Waals surface area contributed by atoms with Crippen LogP contribution in [0.3, 0.4) is 0 Å². The average Bonchev–Trinajstić information content (AvgIpc) is 2.58. The van der Waals surface area contributed by atoms with Crippen LogP contribution in [-0.2, 0) is 4.79 Å². The van der Waals surface area contributed by atoms with Crippen molar-refractivity contribution in [3.63, 3.8) is 0 Å². The molecule has 2 rings (SSSR count). The lowest BCUT2D eigenvalue weighted by Crippen LogP contribution is -2.45. The van der Waals surface area contributed by atoms with Crippen LogP contribution in [-0.4, -0.2) is 54.8 Å². The summed E-state index contributed by atoms with van der Waals surface area (Å²) in [4.78, 5) is 14.0. The summed E-state index contributed by atoms with van der Waals surface area (Å²) in [6.45, 7) is 9.39. The lowest BCUT2D eigenvalue weighted by molar-refractivity contribution is -0.124. The molecule has 1 amide bonds. The molecule has 1 aromatic rings. The molecule has 5 nitrogen and oxygen atoms in total. The fraction of sp³-hybridized carbons (Fsp3) is 0.650. The van der Waals surface area contributed by atoms with Crippen molar-refractivity contribution < 1.29 is 14.6 Å². The quantitative estimate of drug-likeness (QED) is 0.756. The zero-order valence-corrected chi connectivity index (χ0v) is 15.7. The highest BCUT2D eigenvalue weighted by Gasteiger charge is 2.22. The van der Waals surface area contributed by atoms with E-state index in [1.165, 1.54) is 0 Å². The third-order valence-electron chi connectivity index (χ3n) is 4.59. The predicted molar refractivity (Wildman–Crippen MR) is 99.7 cm³/mol. The largest absolute Gasteiger partial charge is 0.491 e. The Morgan fingerprint density at radius 1 is 1.44 bits per heavy atom. The van der Waals surface area contributed by atoms with Gasteiger partial charge in [0, 0.05) is 25.6 Å². The molecule has 1 aliphatic heterocycles. The van der Waals surface area contributed by atoms with Crippen molar-refractivity contribution in [2.24, 2.45) is 11.8 Å². The van der Waals surface area contributed by atoms with Gasteiger partial charge in [-0.25, -0.2) is 0 Å². The third kappa shape index (κ3) is 7.04. The minimum Gasteiger partial charge on any atom is -0.491 e. The van der Waals surface area contributed by atoms with E-state index in [4.69, 9.17) is 4.74 Å². The normalized spacial score (nSPS) is 19.6. The molecule has 140 valence electrons. The van der Waals surface area contributed by atoms with Crippen LogP contribution in [0.2, 0.25) is 0 Å². The first-order valence-electron chi connectivity index (χ1n) is 9.31. The molecule has 1 fully saturated rings. The SMILES string of the molecule is Cc1cccc(OCC(O)CN2CCCC(CNC(=O)C(C)C)C2)c1. The lowest BCUT2D eigenvalue weighted by atomic mass is 9.97. The molecule has 25 heavy (non-hydrogen) atoms. The number of aliphatic hydroxyl groups is 1. The van der Waals surface area contributed by atoms with Crippen LogP contribution in [0.25, 0.3) is 0 Å². The Labute approximate surface area is 151 Å². The summed E-state index contributed by atoms with van der Waals surface area (Å²) in [6.07, 6.45) is 1.72. The van der Waals surface area contributed by atoms with Gasteiger partial charge in [0.2, 0.25) is 5.91 Å². The summed E-state index contributed by atoms with van der Waals surface area (Å²) < 4.78 is 5.69. The smallest absolute Gasteiger partial charge is 0.222 e. The Bertz CT molecular complexity index is 547. The van der Waals surface area contributed by atoms with Crippen molar-refractivity contribution >= 4 is 5.91 Å².